The van der Waals surface area contributed by atoms with Crippen LogP contribution in [0.3, 0.4) is 0 Å². The van der Waals surface area contributed by atoms with E-state index in [0.29, 0.717) is 12.2 Å². The Morgan fingerprint density at radius 1 is 1.25 bits per heavy atom. The molecule has 0 fully saturated rings. The third-order valence-corrected chi connectivity index (χ3v) is 5.36. The standard InChI is InChI=1S/C20H23N5O3/c1-4-23(5-2)10-11-24-16-8-9-17(25(26)27)20-18(16)19(22-24)14-12-13(28-3)6-7-15(14)21-20/h6-9,12,21H,4-5,10-11H2,1-3H3. The van der Waals surface area contributed by atoms with Crippen LogP contribution in [0.4, 0.5) is 17.1 Å². The van der Waals surface area contributed by atoms with Crippen LogP contribution in [0.15, 0.2) is 30.3 Å². The van der Waals surface area contributed by atoms with Gasteiger partial charge in [0.25, 0.3) is 5.69 Å². The van der Waals surface area contributed by atoms with Gasteiger partial charge in [-0.15, -0.1) is 0 Å². The van der Waals surface area contributed by atoms with Crippen molar-refractivity contribution in [2.75, 3.05) is 32.1 Å². The van der Waals surface area contributed by atoms with E-state index in [1.54, 1.807) is 19.2 Å². The zero-order valence-corrected chi connectivity index (χ0v) is 16.2. The molecule has 8 nitrogen and oxygen atoms in total. The molecule has 2 aromatic carbocycles. The highest BCUT2D eigenvalue weighted by Gasteiger charge is 2.29. The SMILES string of the molecule is CCN(CC)CCn1nc2c3c(c([N+](=O)[O-])ccc31)Nc1ccc(OC)cc1-2. The number of nitrogens with one attached hydrogen (secondary N) is 1. The van der Waals surface area contributed by atoms with Gasteiger partial charge in [0.15, 0.2) is 0 Å². The Kier molecular flexibility index (Phi) is 4.64. The van der Waals surface area contributed by atoms with Crippen molar-refractivity contribution in [3.8, 4) is 17.0 Å². The van der Waals surface area contributed by atoms with Crippen molar-refractivity contribution in [3.05, 3.63) is 40.4 Å². The molecule has 3 aromatic rings. The van der Waals surface area contributed by atoms with Crippen LogP contribution in [0.2, 0.25) is 0 Å². The second-order valence-electron chi connectivity index (χ2n) is 6.75. The summed E-state index contributed by atoms with van der Waals surface area (Å²) in [5.41, 5.74) is 3.88. The number of methoxy groups -OCH3 is 1. The van der Waals surface area contributed by atoms with E-state index >= 15 is 0 Å². The summed E-state index contributed by atoms with van der Waals surface area (Å²) in [4.78, 5) is 13.6. The number of nitrogens with zero attached hydrogens (tertiary/aromatic N) is 4. The third kappa shape index (κ3) is 2.86. The molecule has 28 heavy (non-hydrogen) atoms. The van der Waals surface area contributed by atoms with Gasteiger partial charge in [-0.05, 0) is 37.4 Å². The molecule has 0 unspecified atom stereocenters. The van der Waals surface area contributed by atoms with Crippen LogP contribution in [-0.2, 0) is 6.54 Å². The van der Waals surface area contributed by atoms with Crippen LogP contribution in [-0.4, -0.2) is 46.3 Å². The minimum absolute atomic E-state index is 0.0542. The maximum atomic E-state index is 11.6. The second-order valence-corrected chi connectivity index (χ2v) is 6.75. The number of anilines is 2. The van der Waals surface area contributed by atoms with Gasteiger partial charge in [0, 0.05) is 23.9 Å². The number of hydrogen-bond acceptors (Lipinski definition) is 6. The van der Waals surface area contributed by atoms with Gasteiger partial charge in [-0.3, -0.25) is 14.8 Å². The van der Waals surface area contributed by atoms with Crippen molar-refractivity contribution in [1.29, 1.82) is 0 Å². The lowest BCUT2D eigenvalue weighted by Gasteiger charge is -2.18. The fourth-order valence-corrected chi connectivity index (χ4v) is 3.76. The number of benzene rings is 2. The zero-order valence-electron chi connectivity index (χ0n) is 16.2. The highest BCUT2D eigenvalue weighted by atomic mass is 16.6. The van der Waals surface area contributed by atoms with Gasteiger partial charge in [-0.25, -0.2) is 0 Å². The predicted molar refractivity (Wildman–Crippen MR) is 109 cm³/mol. The number of nitro benzene ring substituents is 1. The average Bonchev–Trinajstić information content (AvgIpc) is 3.08. The average molecular weight is 381 g/mol. The van der Waals surface area contributed by atoms with Gasteiger partial charge in [0.1, 0.15) is 17.1 Å². The molecular weight excluding hydrogens is 358 g/mol. The van der Waals surface area contributed by atoms with Crippen molar-refractivity contribution in [3.63, 3.8) is 0 Å². The Morgan fingerprint density at radius 3 is 2.71 bits per heavy atom. The summed E-state index contributed by atoms with van der Waals surface area (Å²) in [5.74, 6) is 0.722. The molecule has 0 spiro atoms. The first-order valence-electron chi connectivity index (χ1n) is 9.43. The molecular formula is C20H23N5O3. The van der Waals surface area contributed by atoms with E-state index in [4.69, 9.17) is 9.84 Å². The maximum Gasteiger partial charge on any atom is 0.293 e. The molecule has 1 aliphatic rings. The van der Waals surface area contributed by atoms with Gasteiger partial charge >= 0.3 is 0 Å². The Bertz CT molecular complexity index is 1060. The van der Waals surface area contributed by atoms with Gasteiger partial charge in [0.2, 0.25) is 0 Å². The number of rotatable bonds is 7. The van der Waals surface area contributed by atoms with E-state index < -0.39 is 0 Å². The van der Waals surface area contributed by atoms with Crippen LogP contribution in [0.25, 0.3) is 22.2 Å². The molecule has 1 N–H and O–H groups in total. The lowest BCUT2D eigenvalue weighted by atomic mass is 9.99. The van der Waals surface area contributed by atoms with E-state index in [1.165, 1.54) is 0 Å². The topological polar surface area (TPSA) is 85.5 Å². The number of fused-ring (bicyclic) bond motifs is 2. The Labute approximate surface area is 162 Å². The van der Waals surface area contributed by atoms with Crippen molar-refractivity contribution in [2.24, 2.45) is 0 Å². The first kappa shape index (κ1) is 18.2. The van der Waals surface area contributed by atoms with Crippen molar-refractivity contribution >= 4 is 28.0 Å². The molecule has 0 bridgehead atoms. The Hall–Kier alpha value is -3.13. The van der Waals surface area contributed by atoms with Gasteiger partial charge in [-0.2, -0.15) is 5.10 Å². The second kappa shape index (κ2) is 7.12. The van der Waals surface area contributed by atoms with E-state index in [0.717, 1.165) is 53.2 Å². The first-order valence-corrected chi connectivity index (χ1v) is 9.43. The van der Waals surface area contributed by atoms with Crippen LogP contribution < -0.4 is 10.1 Å². The van der Waals surface area contributed by atoms with Crippen LogP contribution in [0.1, 0.15) is 13.8 Å². The molecule has 8 heteroatoms. The summed E-state index contributed by atoms with van der Waals surface area (Å²) in [6.07, 6.45) is 0. The molecule has 1 aliphatic heterocycles. The molecule has 4 rings (SSSR count). The molecule has 0 aliphatic carbocycles. The van der Waals surface area contributed by atoms with E-state index in [9.17, 15) is 10.1 Å². The zero-order chi connectivity index (χ0) is 19.8. The number of hydrogen-bond donors (Lipinski definition) is 1. The van der Waals surface area contributed by atoms with Crippen molar-refractivity contribution in [2.45, 2.75) is 20.4 Å². The van der Waals surface area contributed by atoms with E-state index in [-0.39, 0.29) is 10.6 Å². The normalized spacial score (nSPS) is 12.1. The largest absolute Gasteiger partial charge is 0.497 e. The monoisotopic (exact) mass is 381 g/mol. The summed E-state index contributed by atoms with van der Waals surface area (Å²) < 4.78 is 7.31. The number of ether oxygens (including phenoxy) is 1. The maximum absolute atomic E-state index is 11.6. The fraction of sp³-hybridized carbons (Fsp3) is 0.350. The minimum atomic E-state index is -0.354. The van der Waals surface area contributed by atoms with Crippen LogP contribution >= 0.6 is 0 Å². The Balaban J connectivity index is 1.90. The lowest BCUT2D eigenvalue weighted by molar-refractivity contribution is -0.383. The smallest absolute Gasteiger partial charge is 0.293 e. The fourth-order valence-electron chi connectivity index (χ4n) is 3.76. The molecule has 1 aromatic heterocycles. The first-order chi connectivity index (χ1) is 13.6. The third-order valence-electron chi connectivity index (χ3n) is 5.36. The summed E-state index contributed by atoms with van der Waals surface area (Å²) in [5, 5.41) is 20.5. The number of nitro groups is 1. The van der Waals surface area contributed by atoms with Gasteiger partial charge in [0.05, 0.1) is 29.5 Å². The summed E-state index contributed by atoms with van der Waals surface area (Å²) in [6, 6.07) is 8.97. The summed E-state index contributed by atoms with van der Waals surface area (Å²) in [6.45, 7) is 7.81. The molecule has 146 valence electrons. The minimum Gasteiger partial charge on any atom is -0.497 e. The predicted octanol–water partition coefficient (Wildman–Crippen LogP) is 4.02. The molecule has 0 radical (unpaired) electrons. The van der Waals surface area contributed by atoms with Crippen LogP contribution in [0.5, 0.6) is 5.75 Å². The Morgan fingerprint density at radius 2 is 2.04 bits per heavy atom. The lowest BCUT2D eigenvalue weighted by Crippen LogP contribution is -2.27. The molecule has 0 amide bonds. The number of likely N-dealkylation sites (N-methyl/N-ethyl adjacent to an activating group) is 1. The summed E-state index contributed by atoms with van der Waals surface area (Å²) in [7, 11) is 1.62. The van der Waals surface area contributed by atoms with E-state index in [2.05, 4.69) is 24.1 Å². The number of aromatic nitrogens is 2. The van der Waals surface area contributed by atoms with Crippen LogP contribution in [0, 0.1) is 10.1 Å². The molecule has 2 heterocycles. The quantitative estimate of drug-likeness (QED) is 0.384. The van der Waals surface area contributed by atoms with Crippen molar-refractivity contribution < 1.29 is 9.66 Å². The highest BCUT2D eigenvalue weighted by Crippen LogP contribution is 2.47. The molecule has 0 saturated carbocycles. The van der Waals surface area contributed by atoms with Gasteiger partial charge in [-0.1, -0.05) is 13.8 Å². The molecule has 0 saturated heterocycles. The molecule has 0 atom stereocenters. The van der Waals surface area contributed by atoms with Crippen molar-refractivity contribution in [1.82, 2.24) is 14.7 Å². The van der Waals surface area contributed by atoms with Gasteiger partial charge < -0.3 is 15.0 Å². The van der Waals surface area contributed by atoms with E-state index in [1.807, 2.05) is 22.9 Å². The highest BCUT2D eigenvalue weighted by molar-refractivity contribution is 6.12. The summed E-state index contributed by atoms with van der Waals surface area (Å²) >= 11 is 0.